The smallest absolute Gasteiger partial charge is 0.266 e. The second-order valence-electron chi connectivity index (χ2n) is 5.59. The summed E-state index contributed by atoms with van der Waals surface area (Å²) in [4.78, 5) is 14.8. The molecule has 3 nitrogen and oxygen atoms in total. The van der Waals surface area contributed by atoms with E-state index in [1.54, 1.807) is 4.90 Å². The Morgan fingerprint density at radius 1 is 1.12 bits per heavy atom. The molecule has 0 N–H and O–H groups in total. The summed E-state index contributed by atoms with van der Waals surface area (Å²) in [7, 11) is 0. The Morgan fingerprint density at radius 3 is 2.52 bits per heavy atom. The van der Waals surface area contributed by atoms with Gasteiger partial charge in [-0.2, -0.15) is 0 Å². The summed E-state index contributed by atoms with van der Waals surface area (Å²) in [5, 5.41) is 0. The van der Waals surface area contributed by atoms with Crippen molar-refractivity contribution in [2.75, 3.05) is 13.2 Å². The monoisotopic (exact) mass is 369 g/mol. The second-order valence-corrected chi connectivity index (χ2v) is 7.27. The van der Waals surface area contributed by atoms with Crippen LogP contribution in [0.15, 0.2) is 59.5 Å². The van der Waals surface area contributed by atoms with E-state index in [4.69, 9.17) is 17.0 Å². The van der Waals surface area contributed by atoms with Gasteiger partial charge in [-0.15, -0.1) is 0 Å². The quantitative estimate of drug-likeness (QED) is 0.553. The Balaban J connectivity index is 1.62. The van der Waals surface area contributed by atoms with E-state index in [9.17, 15) is 4.79 Å². The summed E-state index contributed by atoms with van der Waals surface area (Å²) >= 11 is 6.70. The number of ether oxygens (including phenoxy) is 1. The van der Waals surface area contributed by atoms with Crippen LogP contribution < -0.4 is 4.74 Å². The van der Waals surface area contributed by atoms with E-state index in [-0.39, 0.29) is 5.91 Å². The van der Waals surface area contributed by atoms with Gasteiger partial charge in [0.1, 0.15) is 16.7 Å². The van der Waals surface area contributed by atoms with Gasteiger partial charge in [-0.1, -0.05) is 73.4 Å². The molecule has 0 aliphatic carbocycles. The molecule has 1 aliphatic rings. The van der Waals surface area contributed by atoms with Crippen LogP contribution >= 0.6 is 24.0 Å². The third kappa shape index (κ3) is 4.50. The molecule has 1 aliphatic heterocycles. The molecule has 0 aromatic heterocycles. The number of hydrogen-bond donors (Lipinski definition) is 0. The number of aryl methyl sites for hydroxylation is 1. The van der Waals surface area contributed by atoms with Crippen molar-refractivity contribution in [1.29, 1.82) is 0 Å². The maximum atomic E-state index is 12.6. The van der Waals surface area contributed by atoms with Crippen LogP contribution in [-0.2, 0) is 11.2 Å². The number of para-hydroxylation sites is 1. The molecule has 0 radical (unpaired) electrons. The molecular weight excluding hydrogens is 350 g/mol. The van der Waals surface area contributed by atoms with Gasteiger partial charge in [0.05, 0.1) is 11.4 Å². The van der Waals surface area contributed by atoms with Crippen LogP contribution in [0.1, 0.15) is 18.1 Å². The van der Waals surface area contributed by atoms with Gasteiger partial charge >= 0.3 is 0 Å². The van der Waals surface area contributed by atoms with Crippen LogP contribution in [0.2, 0.25) is 0 Å². The highest BCUT2D eigenvalue weighted by atomic mass is 32.2. The van der Waals surface area contributed by atoms with Crippen molar-refractivity contribution in [1.82, 2.24) is 4.90 Å². The fourth-order valence-corrected chi connectivity index (χ4v) is 3.77. The van der Waals surface area contributed by atoms with Gasteiger partial charge in [-0.3, -0.25) is 9.69 Å². The van der Waals surface area contributed by atoms with Gasteiger partial charge in [-0.05, 0) is 35.8 Å². The molecule has 1 saturated heterocycles. The molecule has 0 unspecified atom stereocenters. The minimum atomic E-state index is -0.0498. The minimum Gasteiger partial charge on any atom is -0.492 e. The molecule has 2 aromatic carbocycles. The number of thiocarbonyl (C=S) groups is 1. The van der Waals surface area contributed by atoms with E-state index in [1.165, 1.54) is 17.3 Å². The lowest BCUT2D eigenvalue weighted by molar-refractivity contribution is -0.122. The van der Waals surface area contributed by atoms with Crippen molar-refractivity contribution in [2.45, 2.75) is 13.3 Å². The number of benzene rings is 2. The number of carbonyl (C=O) groups is 1. The Kier molecular flexibility index (Phi) is 5.89. The lowest BCUT2D eigenvalue weighted by Gasteiger charge is -2.14. The Hall–Kier alpha value is -2.11. The highest BCUT2D eigenvalue weighted by Crippen LogP contribution is 2.32. The van der Waals surface area contributed by atoms with E-state index >= 15 is 0 Å². The van der Waals surface area contributed by atoms with E-state index in [0.29, 0.717) is 22.4 Å². The van der Waals surface area contributed by atoms with Crippen LogP contribution in [0.5, 0.6) is 5.75 Å². The largest absolute Gasteiger partial charge is 0.492 e. The molecule has 1 fully saturated rings. The van der Waals surface area contributed by atoms with E-state index in [2.05, 4.69) is 19.1 Å². The molecule has 0 saturated carbocycles. The van der Waals surface area contributed by atoms with Crippen molar-refractivity contribution in [3.63, 3.8) is 0 Å². The lowest BCUT2D eigenvalue weighted by atomic mass is 10.1. The molecule has 2 aromatic rings. The van der Waals surface area contributed by atoms with Crippen molar-refractivity contribution in [2.24, 2.45) is 0 Å². The Labute approximate surface area is 157 Å². The van der Waals surface area contributed by atoms with E-state index in [1.807, 2.05) is 48.5 Å². The van der Waals surface area contributed by atoms with Gasteiger partial charge in [-0.25, -0.2) is 0 Å². The number of hydrogen-bond acceptors (Lipinski definition) is 4. The molecule has 25 heavy (non-hydrogen) atoms. The summed E-state index contributed by atoms with van der Waals surface area (Å²) in [5.74, 6) is 0.741. The molecule has 1 amide bonds. The Bertz CT molecular complexity index is 785. The highest BCUT2D eigenvalue weighted by molar-refractivity contribution is 8.26. The number of nitrogens with zero attached hydrogens (tertiary/aromatic N) is 1. The fourth-order valence-electron chi connectivity index (χ4n) is 2.47. The summed E-state index contributed by atoms with van der Waals surface area (Å²) in [6.45, 7) is 2.98. The Morgan fingerprint density at radius 2 is 1.84 bits per heavy atom. The molecule has 0 atom stereocenters. The number of amides is 1. The van der Waals surface area contributed by atoms with E-state index in [0.717, 1.165) is 17.7 Å². The summed E-state index contributed by atoms with van der Waals surface area (Å²) in [6, 6.07) is 17.8. The molecular formula is C20H19NO2S2. The average molecular weight is 370 g/mol. The third-order valence-corrected chi connectivity index (χ3v) is 5.26. The standard InChI is InChI=1S/C20H19NO2S2/c1-2-15-8-10-16(11-9-15)14-18-19(22)21(20(24)25-18)12-13-23-17-6-4-3-5-7-17/h3-11,14H,2,12-13H2,1H3/b18-14-. The zero-order valence-electron chi connectivity index (χ0n) is 14.0. The maximum absolute atomic E-state index is 12.6. The van der Waals surface area contributed by atoms with Gasteiger partial charge in [0.25, 0.3) is 5.91 Å². The first kappa shape index (κ1) is 17.7. The first-order chi connectivity index (χ1) is 12.2. The predicted octanol–water partition coefficient (Wildman–Crippen LogP) is 4.53. The predicted molar refractivity (Wildman–Crippen MR) is 108 cm³/mol. The van der Waals surface area contributed by atoms with Crippen LogP contribution in [0.3, 0.4) is 0 Å². The van der Waals surface area contributed by atoms with Crippen molar-refractivity contribution < 1.29 is 9.53 Å². The summed E-state index contributed by atoms with van der Waals surface area (Å²) < 4.78 is 6.24. The molecule has 3 rings (SSSR count). The number of rotatable bonds is 6. The van der Waals surface area contributed by atoms with Crippen LogP contribution in [0.4, 0.5) is 0 Å². The SMILES string of the molecule is CCc1ccc(/C=C2\SC(=S)N(CCOc3ccccc3)C2=O)cc1. The summed E-state index contributed by atoms with van der Waals surface area (Å²) in [5.41, 5.74) is 2.29. The highest BCUT2D eigenvalue weighted by Gasteiger charge is 2.31. The van der Waals surface area contributed by atoms with Crippen LogP contribution in [0.25, 0.3) is 6.08 Å². The molecule has 5 heteroatoms. The zero-order valence-corrected chi connectivity index (χ0v) is 15.6. The fraction of sp³-hybridized carbons (Fsp3) is 0.200. The maximum Gasteiger partial charge on any atom is 0.266 e. The van der Waals surface area contributed by atoms with Crippen molar-refractivity contribution >= 4 is 40.3 Å². The number of thioether (sulfide) groups is 1. The molecule has 0 spiro atoms. The second kappa shape index (κ2) is 8.32. The third-order valence-electron chi connectivity index (χ3n) is 3.89. The van der Waals surface area contributed by atoms with Gasteiger partial charge in [0.15, 0.2) is 0 Å². The lowest BCUT2D eigenvalue weighted by Crippen LogP contribution is -2.32. The summed E-state index contributed by atoms with van der Waals surface area (Å²) in [6.07, 6.45) is 2.90. The molecule has 128 valence electrons. The van der Waals surface area contributed by atoms with Crippen molar-refractivity contribution in [3.8, 4) is 5.75 Å². The normalized spacial score (nSPS) is 15.9. The first-order valence-electron chi connectivity index (χ1n) is 8.19. The van der Waals surface area contributed by atoms with Crippen LogP contribution in [0, 0.1) is 0 Å². The average Bonchev–Trinajstić information content (AvgIpc) is 2.90. The zero-order chi connectivity index (χ0) is 17.6. The molecule has 1 heterocycles. The van der Waals surface area contributed by atoms with Gasteiger partial charge < -0.3 is 4.74 Å². The minimum absolute atomic E-state index is 0.0498. The first-order valence-corrected chi connectivity index (χ1v) is 9.42. The number of carbonyl (C=O) groups excluding carboxylic acids is 1. The van der Waals surface area contributed by atoms with Gasteiger partial charge in [0.2, 0.25) is 0 Å². The van der Waals surface area contributed by atoms with Crippen LogP contribution in [-0.4, -0.2) is 28.3 Å². The van der Waals surface area contributed by atoms with Gasteiger partial charge in [0, 0.05) is 0 Å². The molecule has 0 bridgehead atoms. The topological polar surface area (TPSA) is 29.5 Å². The van der Waals surface area contributed by atoms with E-state index < -0.39 is 0 Å². The van der Waals surface area contributed by atoms with Crippen molar-refractivity contribution in [3.05, 3.63) is 70.6 Å².